The topological polar surface area (TPSA) is 9.23 Å². The maximum Gasteiger partial charge on any atom is 0.0581 e. The summed E-state index contributed by atoms with van der Waals surface area (Å²) in [6.45, 7) is 5.70. The highest BCUT2D eigenvalue weighted by Crippen LogP contribution is 2.50. The molecule has 1 saturated carbocycles. The first-order valence-corrected chi connectivity index (χ1v) is 4.34. The monoisotopic (exact) mass is 140 g/mol. The van der Waals surface area contributed by atoms with Crippen molar-refractivity contribution in [2.24, 2.45) is 11.3 Å². The van der Waals surface area contributed by atoms with Crippen molar-refractivity contribution >= 4 is 0 Å². The van der Waals surface area contributed by atoms with Crippen LogP contribution in [0, 0.1) is 11.3 Å². The lowest BCUT2D eigenvalue weighted by atomic mass is 9.77. The summed E-state index contributed by atoms with van der Waals surface area (Å²) in [5.74, 6) is 0.819. The van der Waals surface area contributed by atoms with Crippen molar-refractivity contribution in [1.29, 1.82) is 0 Å². The Balaban J connectivity index is 2.15. The van der Waals surface area contributed by atoms with Crippen LogP contribution in [0.25, 0.3) is 0 Å². The predicted molar refractivity (Wildman–Crippen MR) is 40.9 cm³/mol. The molecule has 0 radical (unpaired) electrons. The standard InChI is InChI=1S/C9H16O/c1-7(2)9-4-3-8(5-9)10-6-9/h7-8H,3-6H2,1-2H3/t8?,9-/m0/s1. The first kappa shape index (κ1) is 6.66. The zero-order valence-electron chi connectivity index (χ0n) is 6.89. The van der Waals surface area contributed by atoms with E-state index in [1.54, 1.807) is 0 Å². The molecule has 2 bridgehead atoms. The van der Waals surface area contributed by atoms with Crippen molar-refractivity contribution in [2.75, 3.05) is 6.61 Å². The normalized spacial score (nSPS) is 45.3. The van der Waals surface area contributed by atoms with Crippen molar-refractivity contribution < 1.29 is 4.74 Å². The Kier molecular flexibility index (Phi) is 1.31. The molecule has 1 heteroatoms. The SMILES string of the molecule is CC(C)[C@@]12CCC(C1)OC2. The summed E-state index contributed by atoms with van der Waals surface area (Å²) in [4.78, 5) is 0. The molecule has 1 aliphatic heterocycles. The van der Waals surface area contributed by atoms with Crippen LogP contribution in [-0.4, -0.2) is 12.7 Å². The van der Waals surface area contributed by atoms with E-state index in [0.717, 1.165) is 12.5 Å². The van der Waals surface area contributed by atoms with Gasteiger partial charge in [0, 0.05) is 0 Å². The highest BCUT2D eigenvalue weighted by atomic mass is 16.5. The Hall–Kier alpha value is -0.0400. The Morgan fingerprint density at radius 3 is 2.50 bits per heavy atom. The van der Waals surface area contributed by atoms with Gasteiger partial charge in [0.05, 0.1) is 12.7 Å². The summed E-state index contributed by atoms with van der Waals surface area (Å²) in [6, 6.07) is 0. The molecule has 2 rings (SSSR count). The fourth-order valence-electron chi connectivity index (χ4n) is 2.35. The van der Waals surface area contributed by atoms with Crippen molar-refractivity contribution in [3.8, 4) is 0 Å². The van der Waals surface area contributed by atoms with Gasteiger partial charge in [0.1, 0.15) is 0 Å². The Morgan fingerprint density at radius 1 is 1.50 bits per heavy atom. The van der Waals surface area contributed by atoms with Gasteiger partial charge in [-0.15, -0.1) is 0 Å². The summed E-state index contributed by atoms with van der Waals surface area (Å²) in [6.07, 6.45) is 4.69. The Morgan fingerprint density at radius 2 is 2.30 bits per heavy atom. The Bertz CT molecular complexity index is 132. The average Bonchev–Trinajstić information content (AvgIpc) is 2.45. The molecule has 2 atom stereocenters. The molecule has 1 saturated heterocycles. The highest BCUT2D eigenvalue weighted by Gasteiger charge is 2.47. The van der Waals surface area contributed by atoms with Crippen LogP contribution >= 0.6 is 0 Å². The number of hydrogen-bond acceptors (Lipinski definition) is 1. The van der Waals surface area contributed by atoms with E-state index in [9.17, 15) is 0 Å². The largest absolute Gasteiger partial charge is 0.378 e. The molecule has 1 aliphatic carbocycles. The molecular weight excluding hydrogens is 124 g/mol. The third-order valence-electron chi connectivity index (χ3n) is 3.43. The third-order valence-corrected chi connectivity index (χ3v) is 3.43. The van der Waals surface area contributed by atoms with Crippen LogP contribution < -0.4 is 0 Å². The van der Waals surface area contributed by atoms with Gasteiger partial charge < -0.3 is 4.74 Å². The molecule has 1 unspecified atom stereocenters. The van der Waals surface area contributed by atoms with E-state index in [1.807, 2.05) is 0 Å². The molecule has 10 heavy (non-hydrogen) atoms. The predicted octanol–water partition coefficient (Wildman–Crippen LogP) is 2.21. The number of rotatable bonds is 1. The van der Waals surface area contributed by atoms with E-state index in [4.69, 9.17) is 4.74 Å². The lowest BCUT2D eigenvalue weighted by molar-refractivity contribution is 0.0348. The van der Waals surface area contributed by atoms with E-state index in [1.165, 1.54) is 19.3 Å². The molecule has 0 aromatic heterocycles. The van der Waals surface area contributed by atoms with Crippen molar-refractivity contribution in [3.63, 3.8) is 0 Å². The second-order valence-electron chi connectivity index (χ2n) is 4.19. The first-order valence-electron chi connectivity index (χ1n) is 4.34. The quantitative estimate of drug-likeness (QED) is 0.542. The number of ether oxygens (including phenoxy) is 1. The summed E-state index contributed by atoms with van der Waals surface area (Å²) in [5.41, 5.74) is 0.588. The first-order chi connectivity index (χ1) is 4.73. The maximum absolute atomic E-state index is 5.62. The van der Waals surface area contributed by atoms with Crippen LogP contribution in [0.4, 0.5) is 0 Å². The van der Waals surface area contributed by atoms with Gasteiger partial charge in [0.15, 0.2) is 0 Å². The molecule has 0 aromatic rings. The molecular formula is C9H16O. The molecule has 1 heterocycles. The van der Waals surface area contributed by atoms with Gasteiger partial charge in [-0.05, 0) is 30.6 Å². The van der Waals surface area contributed by atoms with Crippen LogP contribution in [-0.2, 0) is 4.74 Å². The highest BCUT2D eigenvalue weighted by molar-refractivity contribution is 4.96. The number of fused-ring (bicyclic) bond motifs is 2. The maximum atomic E-state index is 5.62. The third kappa shape index (κ3) is 0.731. The van der Waals surface area contributed by atoms with Crippen molar-refractivity contribution in [2.45, 2.75) is 39.2 Å². The van der Waals surface area contributed by atoms with Crippen LogP contribution in [0.5, 0.6) is 0 Å². The molecule has 0 aromatic carbocycles. The number of hydrogen-bond donors (Lipinski definition) is 0. The van der Waals surface area contributed by atoms with Crippen LogP contribution in [0.3, 0.4) is 0 Å². The average molecular weight is 140 g/mol. The minimum absolute atomic E-state index is 0.588. The lowest BCUT2D eigenvalue weighted by Gasteiger charge is -2.29. The van der Waals surface area contributed by atoms with E-state index in [2.05, 4.69) is 13.8 Å². The smallest absolute Gasteiger partial charge is 0.0581 e. The second kappa shape index (κ2) is 1.97. The van der Waals surface area contributed by atoms with Gasteiger partial charge >= 0.3 is 0 Å². The van der Waals surface area contributed by atoms with Crippen molar-refractivity contribution in [3.05, 3.63) is 0 Å². The summed E-state index contributed by atoms with van der Waals surface area (Å²) in [7, 11) is 0. The van der Waals surface area contributed by atoms with E-state index in [-0.39, 0.29) is 0 Å². The van der Waals surface area contributed by atoms with E-state index in [0.29, 0.717) is 11.5 Å². The lowest BCUT2D eigenvalue weighted by Crippen LogP contribution is -2.26. The minimum atomic E-state index is 0.588. The van der Waals surface area contributed by atoms with Crippen LogP contribution in [0.2, 0.25) is 0 Å². The second-order valence-corrected chi connectivity index (χ2v) is 4.19. The van der Waals surface area contributed by atoms with Crippen molar-refractivity contribution in [1.82, 2.24) is 0 Å². The van der Waals surface area contributed by atoms with E-state index >= 15 is 0 Å². The summed E-state index contributed by atoms with van der Waals surface area (Å²) < 4.78 is 5.62. The molecule has 1 nitrogen and oxygen atoms in total. The molecule has 0 N–H and O–H groups in total. The zero-order valence-corrected chi connectivity index (χ0v) is 6.89. The fraction of sp³-hybridized carbons (Fsp3) is 1.00. The zero-order chi connectivity index (χ0) is 7.19. The minimum Gasteiger partial charge on any atom is -0.378 e. The molecule has 58 valence electrons. The van der Waals surface area contributed by atoms with Gasteiger partial charge in [-0.1, -0.05) is 13.8 Å². The fourth-order valence-corrected chi connectivity index (χ4v) is 2.35. The summed E-state index contributed by atoms with van der Waals surface area (Å²) in [5, 5.41) is 0. The molecule has 0 spiro atoms. The summed E-state index contributed by atoms with van der Waals surface area (Å²) >= 11 is 0. The van der Waals surface area contributed by atoms with Gasteiger partial charge in [0.2, 0.25) is 0 Å². The van der Waals surface area contributed by atoms with Gasteiger partial charge in [-0.2, -0.15) is 0 Å². The molecule has 2 aliphatic rings. The molecule has 0 amide bonds. The van der Waals surface area contributed by atoms with E-state index < -0.39 is 0 Å². The molecule has 2 fully saturated rings. The van der Waals surface area contributed by atoms with Gasteiger partial charge in [-0.3, -0.25) is 0 Å². The Labute approximate surface area is 62.8 Å². The van der Waals surface area contributed by atoms with Gasteiger partial charge in [-0.25, -0.2) is 0 Å². The van der Waals surface area contributed by atoms with Crippen LogP contribution in [0.15, 0.2) is 0 Å². The van der Waals surface area contributed by atoms with Gasteiger partial charge in [0.25, 0.3) is 0 Å². The van der Waals surface area contributed by atoms with Crippen LogP contribution in [0.1, 0.15) is 33.1 Å².